The van der Waals surface area contributed by atoms with Crippen LogP contribution in [0.3, 0.4) is 0 Å². The van der Waals surface area contributed by atoms with Crippen LogP contribution in [0.2, 0.25) is 0 Å². The molecule has 0 radical (unpaired) electrons. The first-order chi connectivity index (χ1) is 9.76. The smallest absolute Gasteiger partial charge is 0.126 e. The van der Waals surface area contributed by atoms with Crippen LogP contribution in [0.1, 0.15) is 52.0 Å². The minimum Gasteiger partial charge on any atom is -0.207 e. The van der Waals surface area contributed by atoms with E-state index in [1.54, 1.807) is 0 Å². The zero-order valence-corrected chi connectivity index (χ0v) is 13.0. The average Bonchev–Trinajstić information content (AvgIpc) is 2.42. The quantitative estimate of drug-likeness (QED) is 0.729. The molecule has 0 aliphatic heterocycles. The standard InChI is InChI=1S/C18H23F2N/c1-17(2,3)14-6-8-18(12-21,9-7-14)11-13-10-15(19)4-5-16(13)20/h4-5,10,14H,6-9,11H2,1-3H3. The average molecular weight is 291 g/mol. The van der Waals surface area contributed by atoms with Crippen molar-refractivity contribution < 1.29 is 8.78 Å². The fraction of sp³-hybridized carbons (Fsp3) is 0.611. The molecule has 1 aromatic carbocycles. The first kappa shape index (κ1) is 15.9. The van der Waals surface area contributed by atoms with Gasteiger partial charge in [-0.3, -0.25) is 0 Å². The summed E-state index contributed by atoms with van der Waals surface area (Å²) in [5, 5.41) is 9.59. The maximum Gasteiger partial charge on any atom is 0.126 e. The van der Waals surface area contributed by atoms with Gasteiger partial charge < -0.3 is 0 Å². The summed E-state index contributed by atoms with van der Waals surface area (Å²) >= 11 is 0. The maximum atomic E-state index is 13.8. The molecule has 0 aromatic heterocycles. The minimum atomic E-state index is -0.545. The first-order valence-electron chi connectivity index (χ1n) is 7.61. The third kappa shape index (κ3) is 3.61. The van der Waals surface area contributed by atoms with Crippen LogP contribution in [-0.2, 0) is 6.42 Å². The van der Waals surface area contributed by atoms with E-state index in [2.05, 4.69) is 26.8 Å². The molecule has 0 heterocycles. The van der Waals surface area contributed by atoms with Gasteiger partial charge in [0.25, 0.3) is 0 Å². The van der Waals surface area contributed by atoms with Gasteiger partial charge in [0, 0.05) is 0 Å². The summed E-state index contributed by atoms with van der Waals surface area (Å²) in [5.41, 5.74) is 0.0213. The highest BCUT2D eigenvalue weighted by Crippen LogP contribution is 2.46. The highest BCUT2D eigenvalue weighted by molar-refractivity contribution is 5.23. The molecular weight excluding hydrogens is 268 g/mol. The number of hydrogen-bond donors (Lipinski definition) is 0. The van der Waals surface area contributed by atoms with Gasteiger partial charge >= 0.3 is 0 Å². The second-order valence-corrected chi connectivity index (χ2v) is 7.44. The first-order valence-corrected chi connectivity index (χ1v) is 7.61. The molecule has 0 bridgehead atoms. The van der Waals surface area contributed by atoms with Crippen LogP contribution in [-0.4, -0.2) is 0 Å². The fourth-order valence-corrected chi connectivity index (χ4v) is 3.41. The van der Waals surface area contributed by atoms with E-state index >= 15 is 0 Å². The zero-order chi connectivity index (χ0) is 15.7. The van der Waals surface area contributed by atoms with Crippen molar-refractivity contribution >= 4 is 0 Å². The van der Waals surface area contributed by atoms with Crippen molar-refractivity contribution in [1.29, 1.82) is 5.26 Å². The number of halogens is 2. The third-order valence-electron chi connectivity index (χ3n) is 4.94. The maximum absolute atomic E-state index is 13.8. The van der Waals surface area contributed by atoms with E-state index in [0.29, 0.717) is 17.9 Å². The van der Waals surface area contributed by atoms with Gasteiger partial charge in [-0.25, -0.2) is 8.78 Å². The number of benzene rings is 1. The van der Waals surface area contributed by atoms with Gasteiger partial charge in [-0.05, 0) is 67.2 Å². The summed E-state index contributed by atoms with van der Waals surface area (Å²) in [4.78, 5) is 0. The summed E-state index contributed by atoms with van der Waals surface area (Å²) in [6.07, 6.45) is 3.80. The molecule has 0 amide bonds. The van der Waals surface area contributed by atoms with E-state index in [-0.39, 0.29) is 5.41 Å². The van der Waals surface area contributed by atoms with Crippen LogP contribution >= 0.6 is 0 Å². The van der Waals surface area contributed by atoms with Crippen LogP contribution in [0, 0.1) is 39.7 Å². The molecule has 0 saturated heterocycles. The molecule has 1 aliphatic rings. The second kappa shape index (κ2) is 5.75. The Morgan fingerprint density at radius 3 is 2.38 bits per heavy atom. The van der Waals surface area contributed by atoms with Crippen LogP contribution in [0.15, 0.2) is 18.2 Å². The van der Waals surface area contributed by atoms with Crippen molar-refractivity contribution in [1.82, 2.24) is 0 Å². The number of nitrogens with zero attached hydrogens (tertiary/aromatic N) is 1. The Kier molecular flexibility index (Phi) is 4.37. The second-order valence-electron chi connectivity index (χ2n) is 7.44. The fourth-order valence-electron chi connectivity index (χ4n) is 3.41. The molecule has 1 fully saturated rings. The number of hydrogen-bond acceptors (Lipinski definition) is 1. The van der Waals surface area contributed by atoms with E-state index in [0.717, 1.165) is 37.8 Å². The summed E-state index contributed by atoms with van der Waals surface area (Å²) in [7, 11) is 0. The molecule has 1 saturated carbocycles. The van der Waals surface area contributed by atoms with Crippen molar-refractivity contribution in [3.8, 4) is 6.07 Å². The van der Waals surface area contributed by atoms with Gasteiger partial charge in [0.1, 0.15) is 11.6 Å². The normalized spacial score (nSPS) is 26.4. The largest absolute Gasteiger partial charge is 0.207 e. The van der Waals surface area contributed by atoms with Crippen molar-refractivity contribution in [3.05, 3.63) is 35.4 Å². The van der Waals surface area contributed by atoms with Gasteiger partial charge in [-0.2, -0.15) is 5.26 Å². The molecule has 1 aliphatic carbocycles. The monoisotopic (exact) mass is 291 g/mol. The highest BCUT2D eigenvalue weighted by atomic mass is 19.1. The summed E-state index contributed by atoms with van der Waals surface area (Å²) in [6, 6.07) is 5.89. The summed E-state index contributed by atoms with van der Waals surface area (Å²) < 4.78 is 27.1. The Bertz CT molecular complexity index is 543. The zero-order valence-electron chi connectivity index (χ0n) is 13.0. The van der Waals surface area contributed by atoms with E-state index in [4.69, 9.17) is 0 Å². The number of nitriles is 1. The third-order valence-corrected chi connectivity index (χ3v) is 4.94. The van der Waals surface area contributed by atoms with Gasteiger partial charge in [0.15, 0.2) is 0 Å². The molecule has 3 heteroatoms. The van der Waals surface area contributed by atoms with Crippen LogP contribution < -0.4 is 0 Å². The van der Waals surface area contributed by atoms with Crippen molar-refractivity contribution in [2.75, 3.05) is 0 Å². The Morgan fingerprint density at radius 2 is 1.86 bits per heavy atom. The van der Waals surface area contributed by atoms with Crippen molar-refractivity contribution in [2.45, 2.75) is 52.9 Å². The highest BCUT2D eigenvalue weighted by Gasteiger charge is 2.39. The molecular formula is C18H23F2N. The van der Waals surface area contributed by atoms with Crippen LogP contribution in [0.4, 0.5) is 8.78 Å². The van der Waals surface area contributed by atoms with E-state index < -0.39 is 17.0 Å². The summed E-state index contributed by atoms with van der Waals surface area (Å²) in [6.45, 7) is 6.68. The molecule has 21 heavy (non-hydrogen) atoms. The lowest BCUT2D eigenvalue weighted by Crippen LogP contribution is -2.33. The predicted octanol–water partition coefficient (Wildman–Crippen LogP) is 5.25. The SMILES string of the molecule is CC(C)(C)C1CCC(C#N)(Cc2cc(F)ccc2F)CC1. The van der Waals surface area contributed by atoms with E-state index in [9.17, 15) is 14.0 Å². The van der Waals surface area contributed by atoms with E-state index in [1.165, 1.54) is 6.07 Å². The lowest BCUT2D eigenvalue weighted by Gasteiger charge is -2.40. The summed E-state index contributed by atoms with van der Waals surface area (Å²) in [5.74, 6) is -0.261. The molecule has 2 rings (SSSR count). The molecule has 1 aromatic rings. The van der Waals surface area contributed by atoms with Gasteiger partial charge in [0.05, 0.1) is 11.5 Å². The van der Waals surface area contributed by atoms with E-state index in [1.807, 2.05) is 0 Å². The molecule has 0 spiro atoms. The Labute approximate surface area is 126 Å². The predicted molar refractivity (Wildman–Crippen MR) is 79.5 cm³/mol. The number of rotatable bonds is 2. The van der Waals surface area contributed by atoms with Crippen molar-refractivity contribution in [3.63, 3.8) is 0 Å². The Balaban J connectivity index is 2.14. The van der Waals surface area contributed by atoms with Crippen LogP contribution in [0.5, 0.6) is 0 Å². The lowest BCUT2D eigenvalue weighted by molar-refractivity contribution is 0.120. The molecule has 0 unspecified atom stereocenters. The van der Waals surface area contributed by atoms with Gasteiger partial charge in [0.2, 0.25) is 0 Å². The molecule has 1 nitrogen and oxygen atoms in total. The topological polar surface area (TPSA) is 23.8 Å². The molecule has 0 N–H and O–H groups in total. The van der Waals surface area contributed by atoms with Gasteiger partial charge in [-0.1, -0.05) is 20.8 Å². The van der Waals surface area contributed by atoms with Crippen molar-refractivity contribution in [2.24, 2.45) is 16.7 Å². The molecule has 0 atom stereocenters. The lowest BCUT2D eigenvalue weighted by atomic mass is 9.63. The Morgan fingerprint density at radius 1 is 1.24 bits per heavy atom. The van der Waals surface area contributed by atoms with Crippen LogP contribution in [0.25, 0.3) is 0 Å². The Hall–Kier alpha value is -1.43. The molecule has 114 valence electrons. The minimum absolute atomic E-state index is 0.242. The van der Waals surface area contributed by atoms with Gasteiger partial charge in [-0.15, -0.1) is 0 Å².